The van der Waals surface area contributed by atoms with Gasteiger partial charge in [-0.2, -0.15) is 4.98 Å². The van der Waals surface area contributed by atoms with Gasteiger partial charge in [0.2, 0.25) is 5.95 Å². The molecule has 2 aromatic heterocycles. The Kier molecular flexibility index (Phi) is 6.09. The van der Waals surface area contributed by atoms with Crippen LogP contribution in [0, 0.1) is 10.1 Å². The number of nitro benzene ring substituents is 1. The predicted octanol–water partition coefficient (Wildman–Crippen LogP) is -1.83. The van der Waals surface area contributed by atoms with Crippen LogP contribution in [0.3, 0.4) is 0 Å². The van der Waals surface area contributed by atoms with Crippen molar-refractivity contribution in [3.05, 3.63) is 51.1 Å². The maximum atomic E-state index is 12.9. The second-order valence-electron chi connectivity index (χ2n) is 7.55. The number of rotatable bonds is 7. The van der Waals surface area contributed by atoms with Crippen molar-refractivity contribution in [1.29, 1.82) is 0 Å². The number of benzene rings is 1. The van der Waals surface area contributed by atoms with Crippen molar-refractivity contribution in [1.82, 2.24) is 19.1 Å². The Morgan fingerprint density at radius 2 is 1.88 bits per heavy atom. The topological polar surface area (TPSA) is 226 Å². The van der Waals surface area contributed by atoms with Crippen LogP contribution in [0.15, 0.2) is 40.3 Å². The predicted molar refractivity (Wildman–Crippen MR) is 114 cm³/mol. The first-order valence-electron chi connectivity index (χ1n) is 9.87. The first kappa shape index (κ1) is 23.7. The minimum absolute atomic E-state index is 0.0631. The monoisotopic (exact) mass is 496 g/mol. The number of nitro groups is 1. The lowest BCUT2D eigenvalue weighted by atomic mass is 10.1. The molecular formula is C18H20N6O9S. The Morgan fingerprint density at radius 3 is 2.47 bits per heavy atom. The van der Waals surface area contributed by atoms with E-state index < -0.39 is 57.2 Å². The van der Waals surface area contributed by atoms with Crippen LogP contribution in [0.2, 0.25) is 0 Å². The Balaban J connectivity index is 1.61. The maximum Gasteiger partial charge on any atom is 0.283 e. The van der Waals surface area contributed by atoms with E-state index in [1.165, 1.54) is 4.57 Å². The minimum Gasteiger partial charge on any atom is -0.394 e. The second-order valence-corrected chi connectivity index (χ2v) is 9.66. The molecule has 5 N–H and O–H groups in total. The fraction of sp³-hybridized carbons (Fsp3) is 0.389. The van der Waals surface area contributed by atoms with Crippen LogP contribution in [-0.2, 0) is 21.1 Å². The number of hydrogen-bond acceptors (Lipinski definition) is 12. The van der Waals surface area contributed by atoms with E-state index in [9.17, 15) is 38.6 Å². The van der Waals surface area contributed by atoms with Gasteiger partial charge in [-0.1, -0.05) is 0 Å². The van der Waals surface area contributed by atoms with Gasteiger partial charge >= 0.3 is 0 Å². The fourth-order valence-electron chi connectivity index (χ4n) is 3.63. The Morgan fingerprint density at radius 1 is 1.21 bits per heavy atom. The molecule has 1 aromatic carbocycles. The van der Waals surface area contributed by atoms with Gasteiger partial charge in [-0.15, -0.1) is 0 Å². The standard InChI is InChI=1S/C18H20N6O9S/c19-18-21-15-12(20-8-23(15)17-14(27)13(26)11(7-25)33-17)16(28)22(18)5-6-34(31,32)10-3-1-9(2-4-10)24(29)30/h1-4,8,11,13-14,17,25-27H,5-7H2,(H2,19,21)/t11-,13-,14-,17-/m1/s1. The molecule has 3 heterocycles. The van der Waals surface area contributed by atoms with Crippen LogP contribution in [0.25, 0.3) is 11.2 Å². The highest BCUT2D eigenvalue weighted by Gasteiger charge is 2.44. The molecular weight excluding hydrogens is 476 g/mol. The van der Waals surface area contributed by atoms with E-state index in [4.69, 9.17) is 10.5 Å². The zero-order valence-electron chi connectivity index (χ0n) is 17.3. The molecule has 34 heavy (non-hydrogen) atoms. The lowest BCUT2D eigenvalue weighted by Crippen LogP contribution is -2.33. The third kappa shape index (κ3) is 4.01. The molecule has 0 spiro atoms. The summed E-state index contributed by atoms with van der Waals surface area (Å²) in [6.45, 7) is -0.916. The average molecular weight is 496 g/mol. The normalized spacial score (nSPS) is 22.9. The van der Waals surface area contributed by atoms with Gasteiger partial charge in [-0.3, -0.25) is 24.0 Å². The summed E-state index contributed by atoms with van der Waals surface area (Å²) in [7, 11) is -3.91. The summed E-state index contributed by atoms with van der Waals surface area (Å²) in [5, 5.41) is 40.2. The lowest BCUT2D eigenvalue weighted by molar-refractivity contribution is -0.384. The van der Waals surface area contributed by atoms with Crippen molar-refractivity contribution in [2.45, 2.75) is 36.0 Å². The molecule has 0 amide bonds. The molecule has 1 saturated heterocycles. The van der Waals surface area contributed by atoms with Crippen LogP contribution < -0.4 is 11.3 Å². The van der Waals surface area contributed by atoms with Crippen molar-refractivity contribution < 1.29 is 33.4 Å². The number of non-ortho nitro benzene ring substituents is 1. The van der Waals surface area contributed by atoms with Crippen LogP contribution in [-0.4, -0.2) is 78.4 Å². The summed E-state index contributed by atoms with van der Waals surface area (Å²) in [5.74, 6) is -0.873. The van der Waals surface area contributed by atoms with Gasteiger partial charge < -0.3 is 25.8 Å². The van der Waals surface area contributed by atoms with Crippen molar-refractivity contribution >= 4 is 32.6 Å². The number of aliphatic hydroxyl groups excluding tert-OH is 3. The molecule has 0 bridgehead atoms. The number of nitrogens with zero attached hydrogens (tertiary/aromatic N) is 5. The number of nitrogens with two attached hydrogens (primary N) is 1. The molecule has 182 valence electrons. The van der Waals surface area contributed by atoms with Gasteiger partial charge in [0.1, 0.15) is 18.3 Å². The zero-order chi connectivity index (χ0) is 24.8. The number of aliphatic hydroxyl groups is 3. The van der Waals surface area contributed by atoms with Crippen molar-refractivity contribution in [2.24, 2.45) is 0 Å². The Hall–Kier alpha value is -3.44. The summed E-state index contributed by atoms with van der Waals surface area (Å²) < 4.78 is 32.8. The molecule has 1 aliphatic heterocycles. The Labute approximate surface area is 190 Å². The van der Waals surface area contributed by atoms with E-state index in [0.29, 0.717) is 0 Å². The van der Waals surface area contributed by atoms with E-state index in [1.807, 2.05) is 0 Å². The van der Waals surface area contributed by atoms with Gasteiger partial charge in [0.15, 0.2) is 27.2 Å². The van der Waals surface area contributed by atoms with Crippen LogP contribution >= 0.6 is 0 Å². The van der Waals surface area contributed by atoms with E-state index >= 15 is 0 Å². The van der Waals surface area contributed by atoms with Crippen LogP contribution in [0.4, 0.5) is 11.6 Å². The van der Waals surface area contributed by atoms with Crippen molar-refractivity contribution in [3.8, 4) is 0 Å². The molecule has 0 radical (unpaired) electrons. The van der Waals surface area contributed by atoms with Crippen LogP contribution in [0.1, 0.15) is 6.23 Å². The first-order valence-corrected chi connectivity index (χ1v) is 11.5. The summed E-state index contributed by atoms with van der Waals surface area (Å²) in [4.78, 5) is 30.9. The third-order valence-electron chi connectivity index (χ3n) is 5.49. The van der Waals surface area contributed by atoms with E-state index in [0.717, 1.165) is 35.2 Å². The number of ether oxygens (including phenoxy) is 1. The SMILES string of the molecule is Nc1nc2c(ncn2[C@@H]2O[C@H](CO)[C@@H](O)[C@H]2O)c(=O)n1CCS(=O)(=O)c1ccc([N+](=O)[O-])cc1. The summed E-state index contributed by atoms with van der Waals surface area (Å²) >= 11 is 0. The summed E-state index contributed by atoms with van der Waals surface area (Å²) in [5.41, 5.74) is 4.65. The molecule has 1 fully saturated rings. The van der Waals surface area contributed by atoms with E-state index in [1.54, 1.807) is 0 Å². The number of sulfone groups is 1. The zero-order valence-corrected chi connectivity index (χ0v) is 18.1. The molecule has 4 rings (SSSR count). The van der Waals surface area contributed by atoms with Crippen LogP contribution in [0.5, 0.6) is 0 Å². The number of fused-ring (bicyclic) bond motifs is 1. The number of anilines is 1. The van der Waals surface area contributed by atoms with E-state index in [2.05, 4.69) is 9.97 Å². The molecule has 4 atom stereocenters. The number of imidazole rings is 1. The maximum absolute atomic E-state index is 12.9. The van der Waals surface area contributed by atoms with Crippen molar-refractivity contribution in [3.63, 3.8) is 0 Å². The highest BCUT2D eigenvalue weighted by Crippen LogP contribution is 2.31. The second kappa shape index (κ2) is 8.73. The summed E-state index contributed by atoms with van der Waals surface area (Å²) in [6.07, 6.45) is -3.92. The molecule has 1 aliphatic rings. The molecule has 0 unspecified atom stereocenters. The average Bonchev–Trinajstić information content (AvgIpc) is 3.34. The molecule has 0 aliphatic carbocycles. The highest BCUT2D eigenvalue weighted by molar-refractivity contribution is 7.91. The molecule has 16 heteroatoms. The van der Waals surface area contributed by atoms with Gasteiger partial charge in [-0.05, 0) is 12.1 Å². The largest absolute Gasteiger partial charge is 0.394 e. The third-order valence-corrected chi connectivity index (χ3v) is 7.20. The fourth-order valence-corrected chi connectivity index (χ4v) is 4.84. The smallest absolute Gasteiger partial charge is 0.283 e. The number of hydrogen-bond donors (Lipinski definition) is 4. The quantitative estimate of drug-likeness (QED) is 0.209. The lowest BCUT2D eigenvalue weighted by Gasteiger charge is -2.17. The minimum atomic E-state index is -3.91. The van der Waals surface area contributed by atoms with Gasteiger partial charge in [0.05, 0.1) is 28.5 Å². The van der Waals surface area contributed by atoms with Gasteiger partial charge in [-0.25, -0.2) is 13.4 Å². The molecule has 3 aromatic rings. The number of aromatic nitrogens is 4. The highest BCUT2D eigenvalue weighted by atomic mass is 32.2. The molecule has 0 saturated carbocycles. The van der Waals surface area contributed by atoms with Gasteiger partial charge in [0, 0.05) is 18.7 Å². The Bertz CT molecular complexity index is 1400. The first-order chi connectivity index (χ1) is 16.0. The van der Waals surface area contributed by atoms with Gasteiger partial charge in [0.25, 0.3) is 11.2 Å². The van der Waals surface area contributed by atoms with Crippen molar-refractivity contribution in [2.75, 3.05) is 18.1 Å². The number of nitrogen functional groups attached to an aromatic ring is 1. The molecule has 15 nitrogen and oxygen atoms in total. The summed E-state index contributed by atoms with van der Waals surface area (Å²) in [6, 6.07) is 4.32. The van der Waals surface area contributed by atoms with E-state index in [-0.39, 0.29) is 34.2 Å².